The molecular weight excluding hydrogens is 358 g/mol. The summed E-state index contributed by atoms with van der Waals surface area (Å²) in [5.74, 6) is 1.85. The summed E-state index contributed by atoms with van der Waals surface area (Å²) in [7, 11) is 0. The molecule has 0 aromatic heterocycles. The van der Waals surface area contributed by atoms with Crippen LogP contribution in [0.25, 0.3) is 0 Å². The molecule has 2 aliphatic rings. The predicted octanol–water partition coefficient (Wildman–Crippen LogP) is 3.76. The molecule has 0 amide bonds. The first-order valence-electron chi connectivity index (χ1n) is 9.93. The molecule has 5 nitrogen and oxygen atoms in total. The molecule has 0 saturated carbocycles. The summed E-state index contributed by atoms with van der Waals surface area (Å²) in [6, 6.07) is 8.49. The summed E-state index contributed by atoms with van der Waals surface area (Å²) < 4.78 is 11.9. The second kappa shape index (κ2) is 8.74. The molecule has 2 aliphatic heterocycles. The van der Waals surface area contributed by atoms with Gasteiger partial charge < -0.3 is 20.1 Å². The summed E-state index contributed by atoms with van der Waals surface area (Å²) in [6.45, 7) is 9.72. The maximum atomic E-state index is 6.16. The lowest BCUT2D eigenvalue weighted by Gasteiger charge is -2.38. The van der Waals surface area contributed by atoms with Crippen LogP contribution in [-0.2, 0) is 4.74 Å². The van der Waals surface area contributed by atoms with Crippen LogP contribution in [0.2, 0.25) is 0 Å². The first-order valence-corrected chi connectivity index (χ1v) is 11.2. The molecule has 1 fully saturated rings. The van der Waals surface area contributed by atoms with Crippen molar-refractivity contribution >= 4 is 17.7 Å². The minimum absolute atomic E-state index is 0.183. The van der Waals surface area contributed by atoms with Crippen LogP contribution in [0.5, 0.6) is 5.75 Å². The van der Waals surface area contributed by atoms with E-state index < -0.39 is 0 Å². The highest BCUT2D eigenvalue weighted by Gasteiger charge is 2.35. The Bertz CT molecular complexity index is 657. The van der Waals surface area contributed by atoms with E-state index in [1.165, 1.54) is 5.56 Å². The van der Waals surface area contributed by atoms with Crippen molar-refractivity contribution in [3.63, 3.8) is 0 Å². The van der Waals surface area contributed by atoms with E-state index in [-0.39, 0.29) is 16.4 Å². The average molecular weight is 392 g/mol. The third kappa shape index (κ3) is 5.11. The Labute approximate surface area is 167 Å². The third-order valence-electron chi connectivity index (χ3n) is 5.39. The Morgan fingerprint density at radius 2 is 2.00 bits per heavy atom. The standard InChI is InChI=1S/C21H33N3O2S/c1-5-22-19(23-15-21(27-4)10-12-25-13-11-21)24-17-14-20(2,3)26-18-9-7-6-8-16(17)18/h6-9,17H,5,10-15H2,1-4H3,(H2,22,23,24). The van der Waals surface area contributed by atoms with Crippen LogP contribution >= 0.6 is 11.8 Å². The van der Waals surface area contributed by atoms with Crippen molar-refractivity contribution < 1.29 is 9.47 Å². The van der Waals surface area contributed by atoms with Gasteiger partial charge in [-0.1, -0.05) is 18.2 Å². The third-order valence-corrected chi connectivity index (χ3v) is 6.80. The molecule has 150 valence electrons. The highest BCUT2D eigenvalue weighted by atomic mass is 32.2. The number of thioether (sulfide) groups is 1. The normalized spacial score (nSPS) is 23.9. The van der Waals surface area contributed by atoms with Crippen molar-refractivity contribution in [2.24, 2.45) is 4.99 Å². The minimum atomic E-state index is -0.204. The summed E-state index contributed by atoms with van der Waals surface area (Å²) in [6.07, 6.45) is 5.21. The first kappa shape index (κ1) is 20.3. The SMILES string of the molecule is CCNC(=NCC1(SC)CCOCC1)NC1CC(C)(C)Oc2ccccc21. The van der Waals surface area contributed by atoms with E-state index in [0.29, 0.717) is 0 Å². The van der Waals surface area contributed by atoms with Crippen LogP contribution in [-0.4, -0.2) is 48.9 Å². The van der Waals surface area contributed by atoms with Crippen molar-refractivity contribution in [1.82, 2.24) is 10.6 Å². The van der Waals surface area contributed by atoms with Crippen molar-refractivity contribution in [2.45, 2.75) is 56.4 Å². The average Bonchev–Trinajstić information content (AvgIpc) is 2.66. The van der Waals surface area contributed by atoms with Gasteiger partial charge in [-0.25, -0.2) is 0 Å². The molecule has 0 aliphatic carbocycles. The largest absolute Gasteiger partial charge is 0.487 e. The number of hydrogen-bond donors (Lipinski definition) is 2. The summed E-state index contributed by atoms with van der Waals surface area (Å²) in [4.78, 5) is 4.97. The van der Waals surface area contributed by atoms with Gasteiger partial charge in [0.05, 0.1) is 12.6 Å². The van der Waals surface area contributed by atoms with Gasteiger partial charge in [-0.15, -0.1) is 0 Å². The van der Waals surface area contributed by atoms with Gasteiger partial charge in [-0.2, -0.15) is 11.8 Å². The maximum Gasteiger partial charge on any atom is 0.191 e. The number of ether oxygens (including phenoxy) is 2. The lowest BCUT2D eigenvalue weighted by molar-refractivity contribution is 0.0693. The monoisotopic (exact) mass is 391 g/mol. The van der Waals surface area contributed by atoms with Crippen LogP contribution in [0, 0.1) is 0 Å². The van der Waals surface area contributed by atoms with Gasteiger partial charge in [0.1, 0.15) is 11.4 Å². The molecule has 6 heteroatoms. The summed E-state index contributed by atoms with van der Waals surface area (Å²) in [5.41, 5.74) is 0.998. The fourth-order valence-corrected chi connectivity index (χ4v) is 4.58. The molecule has 0 bridgehead atoms. The van der Waals surface area contributed by atoms with Gasteiger partial charge in [-0.05, 0) is 45.9 Å². The van der Waals surface area contributed by atoms with Gasteiger partial charge in [0.15, 0.2) is 5.96 Å². The Balaban J connectivity index is 1.77. The molecule has 1 saturated heterocycles. The number of guanidine groups is 1. The zero-order valence-electron chi connectivity index (χ0n) is 17.0. The van der Waals surface area contributed by atoms with Crippen LogP contribution in [0.15, 0.2) is 29.3 Å². The van der Waals surface area contributed by atoms with Gasteiger partial charge >= 0.3 is 0 Å². The van der Waals surface area contributed by atoms with Crippen LogP contribution in [0.1, 0.15) is 51.6 Å². The van der Waals surface area contributed by atoms with Crippen molar-refractivity contribution in [1.29, 1.82) is 0 Å². The summed E-state index contributed by atoms with van der Waals surface area (Å²) in [5, 5.41) is 7.09. The Kier molecular flexibility index (Phi) is 6.58. The molecular formula is C21H33N3O2S. The second-order valence-electron chi connectivity index (χ2n) is 8.00. The topological polar surface area (TPSA) is 54.9 Å². The highest BCUT2D eigenvalue weighted by Crippen LogP contribution is 2.39. The van der Waals surface area contributed by atoms with E-state index in [0.717, 1.165) is 57.3 Å². The van der Waals surface area contributed by atoms with Crippen molar-refractivity contribution in [2.75, 3.05) is 32.6 Å². The van der Waals surface area contributed by atoms with Crippen molar-refractivity contribution in [3.05, 3.63) is 29.8 Å². The quantitative estimate of drug-likeness (QED) is 0.591. The molecule has 1 unspecified atom stereocenters. The van der Waals surface area contributed by atoms with Crippen molar-refractivity contribution in [3.8, 4) is 5.75 Å². The number of nitrogens with zero attached hydrogens (tertiary/aromatic N) is 1. The van der Waals surface area contributed by atoms with E-state index in [1.54, 1.807) is 0 Å². The molecule has 2 N–H and O–H groups in total. The molecule has 1 aromatic carbocycles. The maximum absolute atomic E-state index is 6.16. The number of benzene rings is 1. The molecule has 1 atom stereocenters. The molecule has 2 heterocycles. The lowest BCUT2D eigenvalue weighted by atomic mass is 9.90. The number of rotatable bonds is 5. The Morgan fingerprint density at radius 1 is 1.26 bits per heavy atom. The van der Waals surface area contributed by atoms with E-state index in [2.05, 4.69) is 55.9 Å². The van der Waals surface area contributed by atoms with Gasteiger partial charge in [0, 0.05) is 36.5 Å². The number of nitrogens with one attached hydrogen (secondary N) is 2. The van der Waals surface area contributed by atoms with Gasteiger partial charge in [0.2, 0.25) is 0 Å². The van der Waals surface area contributed by atoms with E-state index in [9.17, 15) is 0 Å². The number of aliphatic imine (C=N–C) groups is 1. The number of para-hydroxylation sites is 1. The smallest absolute Gasteiger partial charge is 0.191 e. The fourth-order valence-electron chi connectivity index (χ4n) is 3.81. The van der Waals surface area contributed by atoms with E-state index in [4.69, 9.17) is 14.5 Å². The highest BCUT2D eigenvalue weighted by molar-refractivity contribution is 8.00. The number of fused-ring (bicyclic) bond motifs is 1. The Morgan fingerprint density at radius 3 is 2.70 bits per heavy atom. The fraction of sp³-hybridized carbons (Fsp3) is 0.667. The molecule has 27 heavy (non-hydrogen) atoms. The summed E-state index contributed by atoms with van der Waals surface area (Å²) >= 11 is 1.93. The minimum Gasteiger partial charge on any atom is -0.487 e. The van der Waals surface area contributed by atoms with E-state index >= 15 is 0 Å². The molecule has 0 radical (unpaired) electrons. The molecule has 3 rings (SSSR count). The van der Waals surface area contributed by atoms with Crippen LogP contribution in [0.3, 0.4) is 0 Å². The second-order valence-corrected chi connectivity index (χ2v) is 9.27. The van der Waals surface area contributed by atoms with Gasteiger partial charge in [0.25, 0.3) is 0 Å². The van der Waals surface area contributed by atoms with Gasteiger partial charge in [-0.3, -0.25) is 4.99 Å². The van der Waals surface area contributed by atoms with E-state index in [1.807, 2.05) is 17.8 Å². The molecule has 0 spiro atoms. The van der Waals surface area contributed by atoms with Crippen LogP contribution in [0.4, 0.5) is 0 Å². The van der Waals surface area contributed by atoms with Crippen LogP contribution < -0.4 is 15.4 Å². The predicted molar refractivity (Wildman–Crippen MR) is 114 cm³/mol. The zero-order valence-corrected chi connectivity index (χ0v) is 17.8. The Hall–Kier alpha value is -1.40. The first-order chi connectivity index (χ1) is 13.0. The lowest BCUT2D eigenvalue weighted by Crippen LogP contribution is -2.46. The molecule has 1 aromatic rings. The number of hydrogen-bond acceptors (Lipinski definition) is 4. The zero-order chi connectivity index (χ0) is 19.3.